The van der Waals surface area contributed by atoms with Crippen LogP contribution in [0.1, 0.15) is 55.8 Å². The summed E-state index contributed by atoms with van der Waals surface area (Å²) < 4.78 is 0. The lowest BCUT2D eigenvalue weighted by molar-refractivity contribution is 0.523. The first-order chi connectivity index (χ1) is 8.58. The summed E-state index contributed by atoms with van der Waals surface area (Å²) in [6.07, 6.45) is 3.27. The molecule has 0 heterocycles. The highest BCUT2D eigenvalue weighted by Gasteiger charge is 2.12. The Morgan fingerprint density at radius 2 is 1.94 bits per heavy atom. The Morgan fingerprint density at radius 1 is 1.22 bits per heavy atom. The fraction of sp³-hybridized carbons (Fsp3) is 0.529. The van der Waals surface area contributed by atoms with Gasteiger partial charge in [0.1, 0.15) is 0 Å². The first-order valence-corrected chi connectivity index (χ1v) is 7.05. The molecule has 0 fully saturated rings. The van der Waals surface area contributed by atoms with Crippen LogP contribution in [0, 0.1) is 13.8 Å². The Balaban J connectivity index is 2.86. The van der Waals surface area contributed by atoms with Crippen molar-refractivity contribution in [2.24, 2.45) is 0 Å². The number of rotatable bonds is 7. The molecule has 1 atom stereocenters. The van der Waals surface area contributed by atoms with Crippen molar-refractivity contribution >= 4 is 0 Å². The van der Waals surface area contributed by atoms with E-state index >= 15 is 0 Å². The van der Waals surface area contributed by atoms with Crippen LogP contribution in [-0.4, -0.2) is 6.54 Å². The van der Waals surface area contributed by atoms with E-state index in [-0.39, 0.29) is 0 Å². The van der Waals surface area contributed by atoms with Crippen molar-refractivity contribution in [3.8, 4) is 0 Å². The zero-order chi connectivity index (χ0) is 13.5. The fourth-order valence-electron chi connectivity index (χ4n) is 2.04. The molecule has 0 aliphatic heterocycles. The second-order valence-electron chi connectivity index (χ2n) is 5.16. The predicted octanol–water partition coefficient (Wildman–Crippen LogP) is 4.70. The van der Waals surface area contributed by atoms with Crippen molar-refractivity contribution in [2.45, 2.75) is 53.0 Å². The number of nitrogens with one attached hydrogen (secondary N) is 1. The maximum absolute atomic E-state index is 4.15. The average Bonchev–Trinajstić information content (AvgIpc) is 2.37. The molecule has 1 N–H and O–H groups in total. The highest BCUT2D eigenvalue weighted by molar-refractivity contribution is 5.32. The Morgan fingerprint density at radius 3 is 2.50 bits per heavy atom. The number of benzene rings is 1. The van der Waals surface area contributed by atoms with Crippen LogP contribution < -0.4 is 5.32 Å². The van der Waals surface area contributed by atoms with Crippen LogP contribution in [0.15, 0.2) is 30.4 Å². The van der Waals surface area contributed by atoms with E-state index in [0.717, 1.165) is 19.4 Å². The van der Waals surface area contributed by atoms with Crippen LogP contribution in [0.4, 0.5) is 0 Å². The van der Waals surface area contributed by atoms with Gasteiger partial charge < -0.3 is 5.32 Å². The molecule has 0 aliphatic rings. The molecule has 1 unspecified atom stereocenters. The molecule has 0 saturated carbocycles. The number of hydrogen-bond acceptors (Lipinski definition) is 1. The van der Waals surface area contributed by atoms with Gasteiger partial charge in [0.15, 0.2) is 0 Å². The fourth-order valence-corrected chi connectivity index (χ4v) is 2.04. The third-order valence-corrected chi connectivity index (χ3v) is 3.57. The lowest BCUT2D eigenvalue weighted by atomic mass is 9.95. The Hall–Kier alpha value is -1.08. The van der Waals surface area contributed by atoms with Crippen molar-refractivity contribution in [1.82, 2.24) is 5.32 Å². The van der Waals surface area contributed by atoms with Gasteiger partial charge in [-0.25, -0.2) is 0 Å². The maximum atomic E-state index is 4.15. The third-order valence-electron chi connectivity index (χ3n) is 3.57. The summed E-state index contributed by atoms with van der Waals surface area (Å²) in [6.45, 7) is 13.9. The molecule has 18 heavy (non-hydrogen) atoms. The van der Waals surface area contributed by atoms with Gasteiger partial charge in [-0.3, -0.25) is 0 Å². The van der Waals surface area contributed by atoms with Crippen molar-refractivity contribution in [3.63, 3.8) is 0 Å². The Bertz CT molecular complexity index is 393. The molecule has 1 heteroatoms. The summed E-state index contributed by atoms with van der Waals surface area (Å²) >= 11 is 0. The minimum atomic E-state index is 0.414. The Labute approximate surface area is 112 Å². The molecule has 1 rings (SSSR count). The molecule has 0 radical (unpaired) electrons. The highest BCUT2D eigenvalue weighted by atomic mass is 14.9. The third kappa shape index (κ3) is 4.30. The van der Waals surface area contributed by atoms with Crippen molar-refractivity contribution in [3.05, 3.63) is 47.0 Å². The summed E-state index contributed by atoms with van der Waals surface area (Å²) in [4.78, 5) is 0. The lowest BCUT2D eigenvalue weighted by Gasteiger charge is -2.21. The van der Waals surface area contributed by atoms with Crippen LogP contribution in [0.2, 0.25) is 0 Å². The second kappa shape index (κ2) is 7.38. The minimum Gasteiger partial charge on any atom is -0.310 e. The molecule has 0 aliphatic carbocycles. The van der Waals surface area contributed by atoms with E-state index in [0.29, 0.717) is 6.04 Å². The van der Waals surface area contributed by atoms with Crippen LogP contribution in [0.5, 0.6) is 0 Å². The van der Waals surface area contributed by atoms with Gasteiger partial charge in [0.05, 0.1) is 0 Å². The summed E-state index contributed by atoms with van der Waals surface area (Å²) in [7, 11) is 0. The average molecular weight is 245 g/mol. The van der Waals surface area contributed by atoms with Crippen molar-refractivity contribution in [1.29, 1.82) is 0 Å². The smallest absolute Gasteiger partial charge is 0.0357 e. The standard InChI is InChI=1S/C17H27N/c1-6-10-18-17(11-13(3)7-2)16-9-8-14(4)15(5)12-16/h8-9,12,17-18H,3,6-7,10-11H2,1-2,4-5H3. The summed E-state index contributed by atoms with van der Waals surface area (Å²) in [5, 5.41) is 3.64. The Kier molecular flexibility index (Phi) is 6.14. The van der Waals surface area contributed by atoms with Crippen LogP contribution in [-0.2, 0) is 0 Å². The van der Waals surface area contributed by atoms with E-state index in [1.165, 1.54) is 28.7 Å². The normalized spacial score (nSPS) is 12.4. The molecule has 0 amide bonds. The van der Waals surface area contributed by atoms with E-state index in [1.807, 2.05) is 0 Å². The quantitative estimate of drug-likeness (QED) is 0.687. The van der Waals surface area contributed by atoms with Crippen LogP contribution in [0.25, 0.3) is 0 Å². The van der Waals surface area contributed by atoms with Gasteiger partial charge in [0, 0.05) is 6.04 Å². The van der Waals surface area contributed by atoms with Crippen molar-refractivity contribution < 1.29 is 0 Å². The molecule has 100 valence electrons. The van der Waals surface area contributed by atoms with Crippen molar-refractivity contribution in [2.75, 3.05) is 6.54 Å². The second-order valence-corrected chi connectivity index (χ2v) is 5.16. The first kappa shape index (κ1) is 15.0. The molecule has 0 aromatic heterocycles. The molecule has 1 aromatic rings. The monoisotopic (exact) mass is 245 g/mol. The van der Waals surface area contributed by atoms with E-state index in [9.17, 15) is 0 Å². The summed E-state index contributed by atoms with van der Waals surface area (Å²) in [5.74, 6) is 0. The molecule has 0 bridgehead atoms. The van der Waals surface area contributed by atoms with E-state index < -0.39 is 0 Å². The summed E-state index contributed by atoms with van der Waals surface area (Å²) in [5.41, 5.74) is 5.45. The highest BCUT2D eigenvalue weighted by Crippen LogP contribution is 2.23. The van der Waals surface area contributed by atoms with Gasteiger partial charge in [-0.05, 0) is 56.3 Å². The van der Waals surface area contributed by atoms with Gasteiger partial charge in [-0.15, -0.1) is 0 Å². The van der Waals surface area contributed by atoms with Gasteiger partial charge in [0.2, 0.25) is 0 Å². The molecular weight excluding hydrogens is 218 g/mol. The van der Waals surface area contributed by atoms with E-state index in [1.54, 1.807) is 0 Å². The maximum Gasteiger partial charge on any atom is 0.0357 e. The zero-order valence-corrected chi connectivity index (χ0v) is 12.3. The van der Waals surface area contributed by atoms with Gasteiger partial charge in [0.25, 0.3) is 0 Å². The molecule has 0 saturated heterocycles. The molecule has 1 aromatic carbocycles. The SMILES string of the molecule is C=C(CC)CC(NCCC)c1ccc(C)c(C)c1. The van der Waals surface area contributed by atoms with Gasteiger partial charge >= 0.3 is 0 Å². The van der Waals surface area contributed by atoms with E-state index in [4.69, 9.17) is 0 Å². The zero-order valence-electron chi connectivity index (χ0n) is 12.3. The number of aryl methyl sites for hydroxylation is 2. The molecule has 0 spiro atoms. The largest absolute Gasteiger partial charge is 0.310 e. The van der Waals surface area contributed by atoms with Gasteiger partial charge in [-0.1, -0.05) is 44.2 Å². The predicted molar refractivity (Wildman–Crippen MR) is 81.0 cm³/mol. The topological polar surface area (TPSA) is 12.0 Å². The van der Waals surface area contributed by atoms with Crippen LogP contribution in [0.3, 0.4) is 0 Å². The number of hydrogen-bond donors (Lipinski definition) is 1. The minimum absolute atomic E-state index is 0.414. The van der Waals surface area contributed by atoms with Gasteiger partial charge in [-0.2, -0.15) is 0 Å². The summed E-state index contributed by atoms with van der Waals surface area (Å²) in [6, 6.07) is 7.20. The molecule has 1 nitrogen and oxygen atoms in total. The molecular formula is C17H27N. The van der Waals surface area contributed by atoms with Crippen LogP contribution >= 0.6 is 0 Å². The first-order valence-electron chi connectivity index (χ1n) is 7.05. The van der Waals surface area contributed by atoms with E-state index in [2.05, 4.69) is 57.8 Å². The lowest BCUT2D eigenvalue weighted by Crippen LogP contribution is -2.22.